The van der Waals surface area contributed by atoms with E-state index in [4.69, 9.17) is 5.41 Å². The maximum Gasteiger partial charge on any atom is 0.0180 e. The predicted molar refractivity (Wildman–Crippen MR) is 67.5 cm³/mol. The van der Waals surface area contributed by atoms with Crippen LogP contribution in [-0.4, -0.2) is 6.21 Å². The van der Waals surface area contributed by atoms with Crippen molar-refractivity contribution in [2.75, 3.05) is 0 Å². The molecule has 15 heavy (non-hydrogen) atoms. The van der Waals surface area contributed by atoms with Crippen molar-refractivity contribution in [2.45, 2.75) is 46.0 Å². The number of allylic oxidation sites excluding steroid dienone is 6. The molecule has 0 aromatic carbocycles. The summed E-state index contributed by atoms with van der Waals surface area (Å²) in [5, 5.41) is 7.16. The van der Waals surface area contributed by atoms with Crippen molar-refractivity contribution < 1.29 is 0 Å². The van der Waals surface area contributed by atoms with Crippen LogP contribution in [0.4, 0.5) is 0 Å². The van der Waals surface area contributed by atoms with Gasteiger partial charge >= 0.3 is 0 Å². The Hall–Kier alpha value is -1.11. The lowest BCUT2D eigenvalue weighted by molar-refractivity contribution is 0.830. The van der Waals surface area contributed by atoms with Gasteiger partial charge in [-0.3, -0.25) is 0 Å². The summed E-state index contributed by atoms with van der Waals surface area (Å²) in [6.45, 7) is 4.40. The van der Waals surface area contributed by atoms with Gasteiger partial charge in [-0.05, 0) is 42.9 Å². The molecule has 1 rings (SSSR count). The van der Waals surface area contributed by atoms with Crippen molar-refractivity contribution in [3.63, 3.8) is 0 Å². The van der Waals surface area contributed by atoms with E-state index in [1.165, 1.54) is 30.2 Å². The molecule has 0 bridgehead atoms. The molecule has 1 nitrogen and oxygen atoms in total. The first-order valence-electron chi connectivity index (χ1n) is 5.90. The molecule has 0 aromatic heterocycles. The normalized spacial score (nSPS) is 17.1. The standard InChI is InChI=1S/C14H21N/c1-3-5-13(10-11-15)14-8-6-12(4-2)7-9-14/h6,8,10-11,15H,3-5,7,9H2,1-2H3/b13-10+,15-11?. The summed E-state index contributed by atoms with van der Waals surface area (Å²) >= 11 is 0. The van der Waals surface area contributed by atoms with Crippen LogP contribution in [0.3, 0.4) is 0 Å². The van der Waals surface area contributed by atoms with Crippen molar-refractivity contribution in [3.8, 4) is 0 Å². The van der Waals surface area contributed by atoms with Crippen LogP contribution in [0.2, 0.25) is 0 Å². The summed E-state index contributed by atoms with van der Waals surface area (Å²) < 4.78 is 0. The smallest absolute Gasteiger partial charge is 0.0180 e. The van der Waals surface area contributed by atoms with Crippen molar-refractivity contribution >= 4 is 6.21 Å². The summed E-state index contributed by atoms with van der Waals surface area (Å²) in [4.78, 5) is 0. The topological polar surface area (TPSA) is 23.9 Å². The second-order valence-corrected chi connectivity index (χ2v) is 3.98. The highest BCUT2D eigenvalue weighted by Gasteiger charge is 2.08. The maximum atomic E-state index is 7.16. The van der Waals surface area contributed by atoms with E-state index in [9.17, 15) is 0 Å². The Morgan fingerprint density at radius 1 is 1.33 bits per heavy atom. The van der Waals surface area contributed by atoms with Gasteiger partial charge in [0.25, 0.3) is 0 Å². The molecule has 0 saturated heterocycles. The molecule has 0 aliphatic heterocycles. The summed E-state index contributed by atoms with van der Waals surface area (Å²) in [7, 11) is 0. The Labute approximate surface area is 93.1 Å². The maximum absolute atomic E-state index is 7.16. The van der Waals surface area contributed by atoms with E-state index in [-0.39, 0.29) is 0 Å². The van der Waals surface area contributed by atoms with Crippen molar-refractivity contribution in [1.82, 2.24) is 0 Å². The van der Waals surface area contributed by atoms with Crippen LogP contribution in [0.1, 0.15) is 46.0 Å². The van der Waals surface area contributed by atoms with Crippen LogP contribution in [0.15, 0.2) is 34.9 Å². The zero-order valence-corrected chi connectivity index (χ0v) is 9.84. The average molecular weight is 203 g/mol. The third kappa shape index (κ3) is 3.50. The number of nitrogens with one attached hydrogen (secondary N) is 1. The van der Waals surface area contributed by atoms with Gasteiger partial charge in [-0.25, -0.2) is 0 Å². The molecule has 0 amide bonds. The molecule has 0 heterocycles. The van der Waals surface area contributed by atoms with Crippen molar-refractivity contribution in [2.24, 2.45) is 0 Å². The average Bonchev–Trinajstić information content (AvgIpc) is 2.29. The largest absolute Gasteiger partial charge is 0.309 e. The van der Waals surface area contributed by atoms with Gasteiger partial charge in [0.05, 0.1) is 0 Å². The Balaban J connectivity index is 2.78. The molecular weight excluding hydrogens is 182 g/mol. The van der Waals surface area contributed by atoms with E-state index in [1.54, 1.807) is 5.57 Å². The fourth-order valence-electron chi connectivity index (χ4n) is 1.96. The molecular formula is C14H21N. The number of hydrogen-bond donors (Lipinski definition) is 1. The van der Waals surface area contributed by atoms with Gasteiger partial charge in [0, 0.05) is 6.21 Å². The van der Waals surface area contributed by atoms with E-state index >= 15 is 0 Å². The first-order chi connectivity index (χ1) is 7.31. The Bertz CT molecular complexity index is 305. The second-order valence-electron chi connectivity index (χ2n) is 3.98. The fourth-order valence-corrected chi connectivity index (χ4v) is 1.96. The molecule has 1 heteroatoms. The van der Waals surface area contributed by atoms with Crippen LogP contribution < -0.4 is 0 Å². The van der Waals surface area contributed by atoms with Crippen LogP contribution >= 0.6 is 0 Å². The van der Waals surface area contributed by atoms with Gasteiger partial charge in [0.1, 0.15) is 0 Å². The molecule has 1 N–H and O–H groups in total. The molecule has 0 unspecified atom stereocenters. The molecule has 0 saturated carbocycles. The van der Waals surface area contributed by atoms with Gasteiger partial charge in [0.2, 0.25) is 0 Å². The van der Waals surface area contributed by atoms with Gasteiger partial charge in [-0.2, -0.15) is 0 Å². The molecule has 0 spiro atoms. The van der Waals surface area contributed by atoms with Crippen LogP contribution in [-0.2, 0) is 0 Å². The molecule has 0 fully saturated rings. The van der Waals surface area contributed by atoms with E-state index in [0.29, 0.717) is 0 Å². The summed E-state index contributed by atoms with van der Waals surface area (Å²) in [5.41, 5.74) is 4.32. The highest BCUT2D eigenvalue weighted by atomic mass is 14.3. The molecule has 0 aromatic rings. The summed E-state index contributed by atoms with van der Waals surface area (Å²) in [6.07, 6.45) is 13.6. The van der Waals surface area contributed by atoms with Gasteiger partial charge < -0.3 is 5.41 Å². The van der Waals surface area contributed by atoms with E-state index in [1.807, 2.05) is 6.08 Å². The zero-order valence-electron chi connectivity index (χ0n) is 9.84. The quantitative estimate of drug-likeness (QED) is 0.640. The molecule has 0 radical (unpaired) electrons. The third-order valence-corrected chi connectivity index (χ3v) is 2.91. The molecule has 82 valence electrons. The zero-order chi connectivity index (χ0) is 11.1. The van der Waals surface area contributed by atoms with Gasteiger partial charge in [0.15, 0.2) is 0 Å². The minimum atomic E-state index is 1.09. The monoisotopic (exact) mass is 203 g/mol. The first kappa shape index (κ1) is 12.0. The minimum absolute atomic E-state index is 1.09. The lowest BCUT2D eigenvalue weighted by atomic mass is 9.90. The Kier molecular flexibility index (Phi) is 5.09. The molecule has 0 atom stereocenters. The highest BCUT2D eigenvalue weighted by Crippen LogP contribution is 2.27. The van der Waals surface area contributed by atoms with Crippen molar-refractivity contribution in [1.29, 1.82) is 5.41 Å². The van der Waals surface area contributed by atoms with E-state index in [2.05, 4.69) is 26.0 Å². The minimum Gasteiger partial charge on any atom is -0.309 e. The lowest BCUT2D eigenvalue weighted by Gasteiger charge is -2.16. The number of hydrogen-bond acceptors (Lipinski definition) is 1. The highest BCUT2D eigenvalue weighted by molar-refractivity contribution is 5.70. The third-order valence-electron chi connectivity index (χ3n) is 2.91. The predicted octanol–water partition coefficient (Wildman–Crippen LogP) is 4.42. The number of rotatable bonds is 5. The Morgan fingerprint density at radius 3 is 2.60 bits per heavy atom. The fraction of sp³-hybridized carbons (Fsp3) is 0.500. The van der Waals surface area contributed by atoms with Crippen molar-refractivity contribution in [3.05, 3.63) is 34.9 Å². The van der Waals surface area contributed by atoms with E-state index in [0.717, 1.165) is 19.3 Å². The first-order valence-corrected chi connectivity index (χ1v) is 5.90. The van der Waals surface area contributed by atoms with Crippen LogP contribution in [0, 0.1) is 5.41 Å². The molecule has 1 aliphatic carbocycles. The van der Waals surface area contributed by atoms with Crippen LogP contribution in [0.25, 0.3) is 0 Å². The van der Waals surface area contributed by atoms with Gasteiger partial charge in [-0.1, -0.05) is 38.0 Å². The molecule has 1 aliphatic rings. The summed E-state index contributed by atoms with van der Waals surface area (Å²) in [6, 6.07) is 0. The van der Waals surface area contributed by atoms with E-state index < -0.39 is 0 Å². The second kappa shape index (κ2) is 6.39. The SMILES string of the molecule is CCC/C(=C\C=N)C1=CC=C(CC)CC1. The lowest BCUT2D eigenvalue weighted by Crippen LogP contribution is -1.97. The summed E-state index contributed by atoms with van der Waals surface area (Å²) in [5.74, 6) is 0. The Morgan fingerprint density at radius 2 is 2.13 bits per heavy atom. The van der Waals surface area contributed by atoms with Crippen LogP contribution in [0.5, 0.6) is 0 Å². The van der Waals surface area contributed by atoms with Gasteiger partial charge in [-0.15, -0.1) is 0 Å².